The molecule has 0 aliphatic heterocycles. The zero-order chi connectivity index (χ0) is 29.2. The third-order valence-electron chi connectivity index (χ3n) is 7.22. The minimum atomic E-state index is -0.672. The van der Waals surface area contributed by atoms with E-state index in [9.17, 15) is 14.4 Å². The molecule has 3 rings (SSSR count). The smallest absolute Gasteiger partial charge is 0.303 e. The van der Waals surface area contributed by atoms with Crippen molar-refractivity contribution in [2.45, 2.75) is 72.1 Å². The molecule has 2 amide bonds. The fourth-order valence-corrected chi connectivity index (χ4v) is 5.50. The first kappa shape index (κ1) is 31.0. The number of hydrogen-bond donors (Lipinski definition) is 1. The molecule has 2 aromatic carbocycles. The first-order chi connectivity index (χ1) is 19.1. The lowest BCUT2D eigenvalue weighted by Crippen LogP contribution is -2.42. The average Bonchev–Trinajstić information content (AvgIpc) is 3.44. The van der Waals surface area contributed by atoms with E-state index < -0.39 is 12.1 Å². The van der Waals surface area contributed by atoms with Crippen LogP contribution in [0.1, 0.15) is 92.6 Å². The predicted molar refractivity (Wildman–Crippen MR) is 159 cm³/mol. The van der Waals surface area contributed by atoms with E-state index in [0.29, 0.717) is 23.8 Å². The number of aromatic nitrogens is 1. The van der Waals surface area contributed by atoms with E-state index >= 15 is 0 Å². The first-order valence-electron chi connectivity index (χ1n) is 13.9. The van der Waals surface area contributed by atoms with Gasteiger partial charge < -0.3 is 15.0 Å². The average molecular weight is 564 g/mol. The molecule has 8 heteroatoms. The summed E-state index contributed by atoms with van der Waals surface area (Å²) in [4.78, 5) is 44.8. The van der Waals surface area contributed by atoms with Gasteiger partial charge in [-0.15, -0.1) is 11.3 Å². The molecule has 214 valence electrons. The zero-order valence-electron chi connectivity index (χ0n) is 24.3. The van der Waals surface area contributed by atoms with Gasteiger partial charge in [0.25, 0.3) is 5.91 Å². The molecule has 7 nitrogen and oxygen atoms in total. The first-order valence-corrected chi connectivity index (χ1v) is 14.8. The van der Waals surface area contributed by atoms with Crippen LogP contribution in [0.4, 0.5) is 0 Å². The summed E-state index contributed by atoms with van der Waals surface area (Å²) >= 11 is 1.28. The number of hydrogen-bond acceptors (Lipinski definition) is 6. The Bertz CT molecular complexity index is 1210. The summed E-state index contributed by atoms with van der Waals surface area (Å²) in [6.07, 6.45) is 1.13. The fraction of sp³-hybridized carbons (Fsp3) is 0.438. The molecule has 3 atom stereocenters. The van der Waals surface area contributed by atoms with Gasteiger partial charge in [-0.2, -0.15) is 0 Å². The van der Waals surface area contributed by atoms with E-state index in [1.54, 1.807) is 10.3 Å². The summed E-state index contributed by atoms with van der Waals surface area (Å²) in [5.41, 5.74) is 2.18. The van der Waals surface area contributed by atoms with Gasteiger partial charge in [-0.05, 0) is 23.0 Å². The van der Waals surface area contributed by atoms with Crippen LogP contribution in [0, 0.1) is 11.8 Å². The summed E-state index contributed by atoms with van der Waals surface area (Å²) in [5.74, 6) is -0.257. The van der Waals surface area contributed by atoms with Crippen LogP contribution < -0.4 is 5.32 Å². The second kappa shape index (κ2) is 14.7. The number of carbonyl (C=O) groups is 3. The Kier molecular flexibility index (Phi) is 11.4. The molecule has 40 heavy (non-hydrogen) atoms. The second-order valence-corrected chi connectivity index (χ2v) is 11.6. The molecular weight excluding hydrogens is 522 g/mol. The summed E-state index contributed by atoms with van der Waals surface area (Å²) in [7, 11) is 1.81. The Labute approximate surface area is 242 Å². The van der Waals surface area contributed by atoms with Gasteiger partial charge in [0.15, 0.2) is 6.10 Å². The third kappa shape index (κ3) is 8.49. The molecular formula is C32H41N3O4S. The maximum Gasteiger partial charge on any atom is 0.303 e. The highest BCUT2D eigenvalue weighted by molar-refractivity contribution is 7.09. The highest BCUT2D eigenvalue weighted by Gasteiger charge is 2.31. The topological polar surface area (TPSA) is 88.6 Å². The zero-order valence-corrected chi connectivity index (χ0v) is 25.1. The van der Waals surface area contributed by atoms with Gasteiger partial charge in [0, 0.05) is 38.2 Å². The lowest BCUT2D eigenvalue weighted by molar-refractivity contribution is -0.148. The predicted octanol–water partition coefficient (Wildman–Crippen LogP) is 6.58. The Morgan fingerprint density at radius 3 is 2.05 bits per heavy atom. The van der Waals surface area contributed by atoms with Crippen LogP contribution in [0.15, 0.2) is 66.0 Å². The van der Waals surface area contributed by atoms with Gasteiger partial charge in [0.05, 0.1) is 6.04 Å². The van der Waals surface area contributed by atoms with Crippen molar-refractivity contribution in [3.8, 4) is 0 Å². The number of thiazole rings is 1. The van der Waals surface area contributed by atoms with Gasteiger partial charge >= 0.3 is 5.97 Å². The molecule has 0 saturated carbocycles. The second-order valence-electron chi connectivity index (χ2n) is 10.7. The summed E-state index contributed by atoms with van der Waals surface area (Å²) < 4.78 is 5.70. The molecule has 0 saturated heterocycles. The number of carbonyl (C=O) groups excluding carboxylic acids is 3. The van der Waals surface area contributed by atoms with Crippen molar-refractivity contribution in [1.82, 2.24) is 15.2 Å². The molecule has 0 spiro atoms. The quantitative estimate of drug-likeness (QED) is 0.238. The van der Waals surface area contributed by atoms with Crippen molar-refractivity contribution in [2.24, 2.45) is 11.8 Å². The summed E-state index contributed by atoms with van der Waals surface area (Å²) in [6.45, 7) is 9.61. The molecule has 0 aliphatic carbocycles. The molecule has 0 aliphatic rings. The van der Waals surface area contributed by atoms with Crippen LogP contribution in [0.3, 0.4) is 0 Å². The third-order valence-corrected chi connectivity index (χ3v) is 8.15. The van der Waals surface area contributed by atoms with E-state index in [0.717, 1.165) is 17.5 Å². The normalized spacial score (nSPS) is 13.5. The number of nitrogens with one attached hydrogen (secondary N) is 1. The summed E-state index contributed by atoms with van der Waals surface area (Å²) in [5, 5.41) is 5.34. The number of ether oxygens (including phenoxy) is 1. The lowest BCUT2D eigenvalue weighted by Gasteiger charge is -2.34. The van der Waals surface area contributed by atoms with Crippen molar-refractivity contribution in [3.05, 3.63) is 87.9 Å². The summed E-state index contributed by atoms with van der Waals surface area (Å²) in [6, 6.07) is 19.1. The Morgan fingerprint density at radius 2 is 1.55 bits per heavy atom. The number of nitrogens with zero attached hydrogens (tertiary/aromatic N) is 2. The standard InChI is InChI=1S/C32H41N3O4S/c1-7-22(4)18-29(37)35(6)27(21(2)3)19-28(39-23(5)36)32-33-26(20-40-32)31(38)34-30(24-14-10-8-11-15-24)25-16-12-9-13-17-25/h8-17,20-22,27-28,30H,7,18-19H2,1-6H3,(H,34,38)/t22-,27+,28+/m0/s1. The Balaban J connectivity index is 1.82. The molecule has 0 radical (unpaired) electrons. The molecule has 1 aromatic heterocycles. The van der Waals surface area contributed by atoms with Gasteiger partial charge in [0.1, 0.15) is 10.7 Å². The van der Waals surface area contributed by atoms with Gasteiger partial charge in [-0.25, -0.2) is 4.98 Å². The minimum Gasteiger partial charge on any atom is -0.455 e. The SMILES string of the molecule is CC[C@H](C)CC(=O)N(C)[C@H](C[C@@H](OC(C)=O)c1nc(C(=O)NC(c2ccccc2)c2ccccc2)cs1)C(C)C. The van der Waals surface area contributed by atoms with Crippen LogP contribution in [-0.2, 0) is 14.3 Å². The number of amides is 2. The van der Waals surface area contributed by atoms with Crippen LogP contribution in [0.2, 0.25) is 0 Å². The largest absolute Gasteiger partial charge is 0.455 e. The van der Waals surface area contributed by atoms with Crippen molar-refractivity contribution in [2.75, 3.05) is 7.05 Å². The monoisotopic (exact) mass is 563 g/mol. The van der Waals surface area contributed by atoms with Crippen LogP contribution in [0.5, 0.6) is 0 Å². The van der Waals surface area contributed by atoms with Crippen molar-refractivity contribution in [1.29, 1.82) is 0 Å². The highest BCUT2D eigenvalue weighted by atomic mass is 32.1. The van der Waals surface area contributed by atoms with E-state index in [4.69, 9.17) is 4.74 Å². The van der Waals surface area contributed by atoms with E-state index in [1.165, 1.54) is 18.3 Å². The number of rotatable bonds is 13. The van der Waals surface area contributed by atoms with Gasteiger partial charge in [0.2, 0.25) is 5.91 Å². The molecule has 1 N–H and O–H groups in total. The lowest BCUT2D eigenvalue weighted by atomic mass is 9.95. The van der Waals surface area contributed by atoms with Gasteiger partial charge in [-0.3, -0.25) is 14.4 Å². The van der Waals surface area contributed by atoms with Crippen molar-refractivity contribution in [3.63, 3.8) is 0 Å². The number of benzene rings is 2. The molecule has 3 aromatic rings. The van der Waals surface area contributed by atoms with E-state index in [2.05, 4.69) is 38.0 Å². The maximum atomic E-state index is 13.4. The van der Waals surface area contributed by atoms with Crippen molar-refractivity contribution >= 4 is 29.1 Å². The minimum absolute atomic E-state index is 0.0710. The highest BCUT2D eigenvalue weighted by Crippen LogP contribution is 2.31. The maximum absolute atomic E-state index is 13.4. The molecule has 1 heterocycles. The molecule has 0 unspecified atom stereocenters. The van der Waals surface area contributed by atoms with Crippen LogP contribution in [-0.4, -0.2) is 40.8 Å². The molecule has 0 bridgehead atoms. The fourth-order valence-electron chi connectivity index (χ4n) is 4.66. The Morgan fingerprint density at radius 1 is 0.975 bits per heavy atom. The number of esters is 1. The van der Waals surface area contributed by atoms with E-state index in [1.807, 2.05) is 67.7 Å². The molecule has 0 fully saturated rings. The van der Waals surface area contributed by atoms with Crippen LogP contribution >= 0.6 is 11.3 Å². The van der Waals surface area contributed by atoms with Gasteiger partial charge in [-0.1, -0.05) is 94.8 Å². The van der Waals surface area contributed by atoms with E-state index in [-0.39, 0.29) is 35.5 Å². The van der Waals surface area contributed by atoms with Crippen LogP contribution in [0.25, 0.3) is 0 Å². The Hall–Kier alpha value is -3.52. The van der Waals surface area contributed by atoms with Crippen molar-refractivity contribution < 1.29 is 19.1 Å².